The van der Waals surface area contributed by atoms with Gasteiger partial charge in [0.15, 0.2) is 0 Å². The van der Waals surface area contributed by atoms with Crippen LogP contribution in [0.25, 0.3) is 0 Å². The minimum Gasteiger partial charge on any atom is -0.461 e. The predicted molar refractivity (Wildman–Crippen MR) is 122 cm³/mol. The maximum Gasteiger partial charge on any atom is 0.338 e. The van der Waals surface area contributed by atoms with E-state index in [1.165, 1.54) is 81.4 Å². The van der Waals surface area contributed by atoms with E-state index in [9.17, 15) is 13.2 Å². The van der Waals surface area contributed by atoms with Gasteiger partial charge in [-0.05, 0) is 42.4 Å². The van der Waals surface area contributed by atoms with Gasteiger partial charge in [-0.2, -0.15) is 31.9 Å². The molecule has 164 valence electrons. The van der Waals surface area contributed by atoms with E-state index in [0.29, 0.717) is 6.61 Å². The standard InChI is InChI=1S/C21H32O5S3/c22-21(19-9-11-20(12-10-19)29(23,24)25)26-13-15-28-17-16-27-14-5-4-8-18-6-2-1-3-7-18/h9-12,18H,1-8,13-17H2,(H,23,24,25). The van der Waals surface area contributed by atoms with Crippen LogP contribution in [-0.2, 0) is 14.9 Å². The number of esters is 1. The zero-order chi connectivity index (χ0) is 21.0. The van der Waals surface area contributed by atoms with Crippen LogP contribution in [-0.4, -0.2) is 48.6 Å². The van der Waals surface area contributed by atoms with Crippen LogP contribution in [0.3, 0.4) is 0 Å². The number of hydrogen-bond acceptors (Lipinski definition) is 6. The topological polar surface area (TPSA) is 80.7 Å². The number of benzene rings is 1. The number of thioether (sulfide) groups is 2. The summed E-state index contributed by atoms with van der Waals surface area (Å²) in [7, 11) is -4.25. The zero-order valence-corrected chi connectivity index (χ0v) is 19.3. The normalized spacial score (nSPS) is 15.3. The van der Waals surface area contributed by atoms with E-state index in [-0.39, 0.29) is 10.5 Å². The first-order chi connectivity index (χ1) is 14.0. The summed E-state index contributed by atoms with van der Waals surface area (Å²) in [4.78, 5) is 11.7. The van der Waals surface area contributed by atoms with Gasteiger partial charge in [0.25, 0.3) is 10.1 Å². The molecule has 0 radical (unpaired) electrons. The van der Waals surface area contributed by atoms with Gasteiger partial charge in [-0.15, -0.1) is 0 Å². The van der Waals surface area contributed by atoms with E-state index in [1.54, 1.807) is 11.8 Å². The molecule has 0 bridgehead atoms. The molecule has 5 nitrogen and oxygen atoms in total. The Morgan fingerprint density at radius 2 is 1.62 bits per heavy atom. The van der Waals surface area contributed by atoms with Crippen molar-refractivity contribution < 1.29 is 22.5 Å². The van der Waals surface area contributed by atoms with Gasteiger partial charge in [0.05, 0.1) is 10.5 Å². The maximum absolute atomic E-state index is 11.9. The summed E-state index contributed by atoms with van der Waals surface area (Å²) in [6.07, 6.45) is 11.3. The molecule has 1 fully saturated rings. The van der Waals surface area contributed by atoms with Gasteiger partial charge in [0.2, 0.25) is 0 Å². The fourth-order valence-corrected chi connectivity index (χ4v) is 5.92. The Hall–Kier alpha value is -0.700. The minimum atomic E-state index is -4.25. The van der Waals surface area contributed by atoms with Crippen LogP contribution in [0.1, 0.15) is 61.7 Å². The second-order valence-electron chi connectivity index (χ2n) is 7.36. The lowest BCUT2D eigenvalue weighted by atomic mass is 9.86. The quantitative estimate of drug-likeness (QED) is 0.243. The molecule has 0 unspecified atom stereocenters. The van der Waals surface area contributed by atoms with Crippen molar-refractivity contribution in [1.29, 1.82) is 0 Å². The highest BCUT2D eigenvalue weighted by Gasteiger charge is 2.13. The van der Waals surface area contributed by atoms with Crippen LogP contribution in [0.2, 0.25) is 0 Å². The van der Waals surface area contributed by atoms with Gasteiger partial charge in [-0.3, -0.25) is 4.55 Å². The van der Waals surface area contributed by atoms with Gasteiger partial charge < -0.3 is 4.74 Å². The lowest BCUT2D eigenvalue weighted by Gasteiger charge is -2.21. The fourth-order valence-electron chi connectivity index (χ4n) is 3.47. The molecule has 8 heteroatoms. The van der Waals surface area contributed by atoms with Crippen LogP contribution in [0.4, 0.5) is 0 Å². The molecule has 29 heavy (non-hydrogen) atoms. The molecular weight excluding hydrogens is 428 g/mol. The molecule has 0 spiro atoms. The minimum absolute atomic E-state index is 0.240. The summed E-state index contributed by atoms with van der Waals surface area (Å²) < 4.78 is 36.1. The summed E-state index contributed by atoms with van der Waals surface area (Å²) in [5.74, 6) is 4.67. The number of ether oxygens (including phenoxy) is 1. The Morgan fingerprint density at radius 1 is 0.966 bits per heavy atom. The maximum atomic E-state index is 11.9. The van der Waals surface area contributed by atoms with E-state index >= 15 is 0 Å². The van der Waals surface area contributed by atoms with Gasteiger partial charge in [0.1, 0.15) is 6.61 Å². The molecule has 0 amide bonds. The Labute approximate surface area is 183 Å². The third-order valence-electron chi connectivity index (χ3n) is 5.10. The Balaban J connectivity index is 1.43. The monoisotopic (exact) mass is 460 g/mol. The lowest BCUT2D eigenvalue weighted by Crippen LogP contribution is -2.08. The van der Waals surface area contributed by atoms with Crippen molar-refractivity contribution in [3.63, 3.8) is 0 Å². The molecule has 0 heterocycles. The summed E-state index contributed by atoms with van der Waals surface area (Å²) >= 11 is 3.78. The van der Waals surface area contributed by atoms with E-state index in [2.05, 4.69) is 0 Å². The highest BCUT2D eigenvalue weighted by Crippen LogP contribution is 2.28. The average molecular weight is 461 g/mol. The van der Waals surface area contributed by atoms with Crippen LogP contribution in [0.15, 0.2) is 29.2 Å². The van der Waals surface area contributed by atoms with Crippen LogP contribution in [0.5, 0.6) is 0 Å². The van der Waals surface area contributed by atoms with Crippen molar-refractivity contribution in [2.75, 3.05) is 29.6 Å². The number of rotatable bonds is 13. The summed E-state index contributed by atoms with van der Waals surface area (Å²) in [5.41, 5.74) is 0.270. The molecule has 1 aliphatic carbocycles. The largest absolute Gasteiger partial charge is 0.461 e. The van der Waals surface area contributed by atoms with Gasteiger partial charge >= 0.3 is 5.97 Å². The highest BCUT2D eigenvalue weighted by molar-refractivity contribution is 8.02. The van der Waals surface area contributed by atoms with Crippen molar-refractivity contribution in [1.82, 2.24) is 0 Å². The molecule has 2 rings (SSSR count). The van der Waals surface area contributed by atoms with Gasteiger partial charge in [-0.25, -0.2) is 4.79 Å². The summed E-state index contributed by atoms with van der Waals surface area (Å²) in [5, 5.41) is 0. The van der Waals surface area contributed by atoms with Crippen molar-refractivity contribution in [3.8, 4) is 0 Å². The van der Waals surface area contributed by atoms with E-state index in [4.69, 9.17) is 9.29 Å². The predicted octanol–water partition coefficient (Wildman–Crippen LogP) is 5.31. The Kier molecular flexibility index (Phi) is 11.5. The van der Waals surface area contributed by atoms with Crippen molar-refractivity contribution in [2.24, 2.45) is 5.92 Å². The molecule has 0 saturated heterocycles. The van der Waals surface area contributed by atoms with E-state index in [1.807, 2.05) is 11.8 Å². The molecule has 0 aliphatic heterocycles. The first-order valence-corrected chi connectivity index (χ1v) is 14.1. The van der Waals surface area contributed by atoms with E-state index < -0.39 is 16.1 Å². The molecule has 0 aromatic heterocycles. The molecule has 1 saturated carbocycles. The number of carbonyl (C=O) groups is 1. The second kappa shape index (κ2) is 13.6. The third kappa shape index (κ3) is 10.2. The van der Waals surface area contributed by atoms with Crippen LogP contribution in [0, 0.1) is 5.92 Å². The molecule has 1 N–H and O–H groups in total. The molecular formula is C21H32O5S3. The Morgan fingerprint density at radius 3 is 2.28 bits per heavy atom. The van der Waals surface area contributed by atoms with Crippen LogP contribution < -0.4 is 0 Å². The first-order valence-electron chi connectivity index (χ1n) is 10.4. The smallest absolute Gasteiger partial charge is 0.338 e. The SMILES string of the molecule is O=C(OCCSCCSCCCCC1CCCCC1)c1ccc(S(=O)(=O)O)cc1. The average Bonchev–Trinajstić information content (AvgIpc) is 2.72. The molecule has 1 aromatic carbocycles. The summed E-state index contributed by atoms with van der Waals surface area (Å²) in [6, 6.07) is 5.05. The Bertz CT molecular complexity index is 698. The zero-order valence-electron chi connectivity index (χ0n) is 16.9. The lowest BCUT2D eigenvalue weighted by molar-refractivity contribution is 0.0530. The number of unbranched alkanes of at least 4 members (excludes halogenated alkanes) is 1. The van der Waals surface area contributed by atoms with Crippen molar-refractivity contribution >= 4 is 39.6 Å². The molecule has 1 aliphatic rings. The van der Waals surface area contributed by atoms with Crippen LogP contribution >= 0.6 is 23.5 Å². The second-order valence-corrected chi connectivity index (χ2v) is 11.2. The summed E-state index contributed by atoms with van der Waals surface area (Å²) in [6.45, 7) is 0.329. The fraction of sp³-hybridized carbons (Fsp3) is 0.667. The number of hydrogen-bond donors (Lipinski definition) is 1. The van der Waals surface area contributed by atoms with Gasteiger partial charge in [0, 0.05) is 17.3 Å². The van der Waals surface area contributed by atoms with E-state index in [0.717, 1.165) is 23.2 Å². The first kappa shape index (κ1) is 24.6. The third-order valence-corrected chi connectivity index (χ3v) is 8.24. The number of carbonyl (C=O) groups excluding carboxylic acids is 1. The van der Waals surface area contributed by atoms with Crippen molar-refractivity contribution in [2.45, 2.75) is 56.3 Å². The highest BCUT2D eigenvalue weighted by atomic mass is 32.2. The molecule has 0 atom stereocenters. The van der Waals surface area contributed by atoms with Crippen molar-refractivity contribution in [3.05, 3.63) is 29.8 Å². The van der Waals surface area contributed by atoms with Gasteiger partial charge in [-0.1, -0.05) is 44.9 Å². The molecule has 1 aromatic rings.